The van der Waals surface area contributed by atoms with Gasteiger partial charge in [-0.1, -0.05) is 26.2 Å². The number of hydrogen-bond donors (Lipinski definition) is 1. The van der Waals surface area contributed by atoms with Crippen LogP contribution in [0.3, 0.4) is 0 Å². The van der Waals surface area contributed by atoms with Crippen LogP contribution in [-0.2, 0) is 14.3 Å². The summed E-state index contributed by atoms with van der Waals surface area (Å²) in [6.07, 6.45) is 8.59. The molecule has 1 N–H and O–H groups in total. The maximum Gasteiger partial charge on any atom is 0.308 e. The maximum absolute atomic E-state index is 11.7. The molecule has 0 atom stereocenters. The molecule has 1 aliphatic carbocycles. The highest BCUT2D eigenvalue weighted by Crippen LogP contribution is 2.25. The number of esters is 1. The van der Waals surface area contributed by atoms with Gasteiger partial charge < -0.3 is 10.1 Å². The standard InChI is InChI=1S/C15H27NO3/c1-3-4-5-6-7-14(17)16-13-10-8-12(9-11-13)15(18)19-2/h12-13H,3-11H2,1-2H3,(H,16,17). The van der Waals surface area contributed by atoms with E-state index in [2.05, 4.69) is 12.2 Å². The number of carbonyl (C=O) groups excluding carboxylic acids is 2. The molecule has 0 aromatic heterocycles. The van der Waals surface area contributed by atoms with Gasteiger partial charge in [0.2, 0.25) is 5.91 Å². The predicted molar refractivity (Wildman–Crippen MR) is 74.7 cm³/mol. The highest BCUT2D eigenvalue weighted by molar-refractivity contribution is 5.76. The molecule has 0 unspecified atom stereocenters. The number of methoxy groups -OCH3 is 1. The van der Waals surface area contributed by atoms with E-state index in [1.54, 1.807) is 0 Å². The lowest BCUT2D eigenvalue weighted by Gasteiger charge is -2.27. The predicted octanol–water partition coefficient (Wildman–Crippen LogP) is 2.80. The van der Waals surface area contributed by atoms with Gasteiger partial charge in [-0.25, -0.2) is 0 Å². The van der Waals surface area contributed by atoms with Crippen molar-refractivity contribution in [3.63, 3.8) is 0 Å². The van der Waals surface area contributed by atoms with Gasteiger partial charge in [-0.3, -0.25) is 9.59 Å². The second-order valence-corrected chi connectivity index (χ2v) is 5.45. The minimum absolute atomic E-state index is 0.0303. The maximum atomic E-state index is 11.7. The Balaban J connectivity index is 2.14. The van der Waals surface area contributed by atoms with E-state index in [0.29, 0.717) is 6.42 Å². The van der Waals surface area contributed by atoms with Crippen LogP contribution in [0.5, 0.6) is 0 Å². The molecule has 0 heterocycles. The van der Waals surface area contributed by atoms with E-state index >= 15 is 0 Å². The van der Waals surface area contributed by atoms with Crippen molar-refractivity contribution < 1.29 is 14.3 Å². The topological polar surface area (TPSA) is 55.4 Å². The molecule has 0 aliphatic heterocycles. The lowest BCUT2D eigenvalue weighted by molar-refractivity contribution is -0.146. The van der Waals surface area contributed by atoms with Crippen LogP contribution in [0, 0.1) is 5.92 Å². The molecule has 1 aliphatic rings. The summed E-state index contributed by atoms with van der Waals surface area (Å²) in [5.74, 6) is 0.0877. The fraction of sp³-hybridized carbons (Fsp3) is 0.867. The normalized spacial score (nSPS) is 22.8. The molecule has 110 valence electrons. The number of carbonyl (C=O) groups is 2. The number of ether oxygens (including phenoxy) is 1. The average molecular weight is 269 g/mol. The molecule has 0 radical (unpaired) electrons. The van der Waals surface area contributed by atoms with Crippen molar-refractivity contribution in [3.8, 4) is 0 Å². The van der Waals surface area contributed by atoms with Crippen molar-refractivity contribution in [2.45, 2.75) is 70.8 Å². The lowest BCUT2D eigenvalue weighted by atomic mass is 9.86. The summed E-state index contributed by atoms with van der Waals surface area (Å²) in [5.41, 5.74) is 0. The highest BCUT2D eigenvalue weighted by atomic mass is 16.5. The first-order valence-electron chi connectivity index (χ1n) is 7.54. The average Bonchev–Trinajstić information content (AvgIpc) is 2.43. The Morgan fingerprint density at radius 3 is 2.37 bits per heavy atom. The third-order valence-corrected chi connectivity index (χ3v) is 3.88. The largest absolute Gasteiger partial charge is 0.469 e. The van der Waals surface area contributed by atoms with Gasteiger partial charge in [0.15, 0.2) is 0 Å². The molecule has 1 rings (SSSR count). The van der Waals surface area contributed by atoms with Crippen LogP contribution in [-0.4, -0.2) is 25.0 Å². The zero-order valence-corrected chi connectivity index (χ0v) is 12.2. The Morgan fingerprint density at radius 1 is 1.11 bits per heavy atom. The van der Waals surface area contributed by atoms with Gasteiger partial charge in [-0.2, -0.15) is 0 Å². The van der Waals surface area contributed by atoms with Crippen molar-refractivity contribution in [3.05, 3.63) is 0 Å². The van der Waals surface area contributed by atoms with Gasteiger partial charge in [-0.15, -0.1) is 0 Å². The van der Waals surface area contributed by atoms with Crippen molar-refractivity contribution >= 4 is 11.9 Å². The first kappa shape index (κ1) is 16.0. The quantitative estimate of drug-likeness (QED) is 0.571. The summed E-state index contributed by atoms with van der Waals surface area (Å²) >= 11 is 0. The molecule has 0 saturated heterocycles. The Morgan fingerprint density at radius 2 is 1.79 bits per heavy atom. The third kappa shape index (κ3) is 6.08. The molecule has 4 heteroatoms. The zero-order chi connectivity index (χ0) is 14.1. The minimum Gasteiger partial charge on any atom is -0.469 e. The van der Waals surface area contributed by atoms with E-state index in [9.17, 15) is 9.59 Å². The zero-order valence-electron chi connectivity index (χ0n) is 12.2. The summed E-state index contributed by atoms with van der Waals surface area (Å²) in [6, 6.07) is 0.250. The Bertz CT molecular complexity index is 283. The molecule has 0 aromatic carbocycles. The van der Waals surface area contributed by atoms with E-state index in [1.165, 1.54) is 20.0 Å². The number of rotatable bonds is 7. The fourth-order valence-electron chi connectivity index (χ4n) is 2.65. The number of unbranched alkanes of at least 4 members (excludes halogenated alkanes) is 3. The van der Waals surface area contributed by atoms with Gasteiger partial charge in [-0.05, 0) is 32.1 Å². The van der Waals surface area contributed by atoms with Crippen LogP contribution in [0.25, 0.3) is 0 Å². The second-order valence-electron chi connectivity index (χ2n) is 5.45. The summed E-state index contributed by atoms with van der Waals surface area (Å²) in [4.78, 5) is 23.1. The fourth-order valence-corrected chi connectivity index (χ4v) is 2.65. The first-order valence-corrected chi connectivity index (χ1v) is 7.54. The van der Waals surface area contributed by atoms with Crippen LogP contribution < -0.4 is 5.32 Å². The van der Waals surface area contributed by atoms with Gasteiger partial charge in [0.25, 0.3) is 0 Å². The van der Waals surface area contributed by atoms with Gasteiger partial charge in [0.1, 0.15) is 0 Å². The van der Waals surface area contributed by atoms with Crippen LogP contribution in [0.2, 0.25) is 0 Å². The number of amides is 1. The van der Waals surface area contributed by atoms with E-state index in [4.69, 9.17) is 4.74 Å². The summed E-state index contributed by atoms with van der Waals surface area (Å²) in [7, 11) is 1.44. The van der Waals surface area contributed by atoms with Crippen LogP contribution >= 0.6 is 0 Å². The second kappa shape index (κ2) is 8.94. The Hall–Kier alpha value is -1.06. The van der Waals surface area contributed by atoms with Gasteiger partial charge in [0, 0.05) is 12.5 Å². The molecule has 19 heavy (non-hydrogen) atoms. The van der Waals surface area contributed by atoms with E-state index in [0.717, 1.165) is 38.5 Å². The number of hydrogen-bond acceptors (Lipinski definition) is 3. The molecule has 1 amide bonds. The molecule has 0 aromatic rings. The van der Waals surface area contributed by atoms with Crippen molar-refractivity contribution in [2.75, 3.05) is 7.11 Å². The number of nitrogens with one attached hydrogen (secondary N) is 1. The summed E-state index contributed by atoms with van der Waals surface area (Å²) in [5, 5.41) is 3.08. The SMILES string of the molecule is CCCCCCC(=O)NC1CCC(C(=O)OC)CC1. The van der Waals surface area contributed by atoms with Crippen molar-refractivity contribution in [2.24, 2.45) is 5.92 Å². The Kier molecular flexibility index (Phi) is 7.53. The molecule has 1 fully saturated rings. The smallest absolute Gasteiger partial charge is 0.308 e. The van der Waals surface area contributed by atoms with E-state index < -0.39 is 0 Å². The van der Waals surface area contributed by atoms with Crippen molar-refractivity contribution in [1.29, 1.82) is 0 Å². The molecule has 0 spiro atoms. The van der Waals surface area contributed by atoms with Crippen LogP contribution in [0.1, 0.15) is 64.7 Å². The molecule has 4 nitrogen and oxygen atoms in total. The van der Waals surface area contributed by atoms with Gasteiger partial charge in [0.05, 0.1) is 13.0 Å². The first-order chi connectivity index (χ1) is 9.17. The minimum atomic E-state index is -0.107. The lowest BCUT2D eigenvalue weighted by Crippen LogP contribution is -2.38. The van der Waals surface area contributed by atoms with Crippen LogP contribution in [0.4, 0.5) is 0 Å². The van der Waals surface area contributed by atoms with Crippen LogP contribution in [0.15, 0.2) is 0 Å². The molecule has 1 saturated carbocycles. The molecular formula is C15H27NO3. The third-order valence-electron chi connectivity index (χ3n) is 3.88. The van der Waals surface area contributed by atoms with Crippen molar-refractivity contribution in [1.82, 2.24) is 5.32 Å². The molecule has 0 bridgehead atoms. The molecular weight excluding hydrogens is 242 g/mol. The van der Waals surface area contributed by atoms with E-state index in [1.807, 2.05) is 0 Å². The monoisotopic (exact) mass is 269 g/mol. The highest BCUT2D eigenvalue weighted by Gasteiger charge is 2.27. The summed E-state index contributed by atoms with van der Waals surface area (Å²) < 4.78 is 4.76. The van der Waals surface area contributed by atoms with Gasteiger partial charge >= 0.3 is 5.97 Å². The Labute approximate surface area is 116 Å². The van der Waals surface area contributed by atoms with E-state index in [-0.39, 0.29) is 23.8 Å². The summed E-state index contributed by atoms with van der Waals surface area (Å²) in [6.45, 7) is 2.17.